The Hall–Kier alpha value is -4.74. The van der Waals surface area contributed by atoms with Crippen molar-refractivity contribution >= 4 is 22.7 Å². The third-order valence-corrected chi connectivity index (χ3v) is 11.5. The van der Waals surface area contributed by atoms with E-state index in [0.717, 1.165) is 12.8 Å². The van der Waals surface area contributed by atoms with Crippen molar-refractivity contribution in [2.24, 2.45) is 0 Å². The number of halogens is 1. The molecular weight excluding hydrogens is 743 g/mol. The molecule has 2 aliphatic heterocycles. The van der Waals surface area contributed by atoms with Crippen LogP contribution in [0.25, 0.3) is 27.8 Å². The molecule has 0 saturated heterocycles. The number of likely N-dealkylation sites (N-methyl/N-ethyl adjacent to an activating group) is 1. The van der Waals surface area contributed by atoms with E-state index in [9.17, 15) is 0 Å². The highest BCUT2D eigenvalue weighted by atomic mass is 127. The first-order chi connectivity index (χ1) is 24.6. The zero-order valence-electron chi connectivity index (χ0n) is 31.1. The van der Waals surface area contributed by atoms with Crippen LogP contribution in [0.1, 0.15) is 57.2 Å². The molecule has 0 unspecified atom stereocenters. The lowest BCUT2D eigenvalue weighted by atomic mass is 9.80. The summed E-state index contributed by atoms with van der Waals surface area (Å²) in [5.74, 6) is 0. The third-order valence-electron chi connectivity index (χ3n) is 11.5. The molecular formula is C49H47IN2. The van der Waals surface area contributed by atoms with Gasteiger partial charge >= 0.3 is 0 Å². The standard InChI is InChI=1S/C49H47N2.HI/c1-48(2)41-32-39(34-16-10-7-11-17-34)24-28-43(41)50(5)45(48)30-26-37-22-23-38(47(37)36-20-14-9-15-21-36)27-31-46-49(3,4)42-33-40(25-29-44(42)51(46)6)35-18-12-8-13-19-35;/h7-21,24-33H,22-23H2,1-6H3;1H/q+1;/p-1. The third kappa shape index (κ3) is 6.13. The summed E-state index contributed by atoms with van der Waals surface area (Å²) in [6, 6.07) is 46.3. The Balaban J connectivity index is 0.00000420. The number of fused-ring (bicyclic) bond motifs is 2. The van der Waals surface area contributed by atoms with E-state index in [4.69, 9.17) is 0 Å². The van der Waals surface area contributed by atoms with Crippen LogP contribution in [0.2, 0.25) is 0 Å². The van der Waals surface area contributed by atoms with Crippen LogP contribution in [-0.4, -0.2) is 24.4 Å². The van der Waals surface area contributed by atoms with Gasteiger partial charge in [0.25, 0.3) is 0 Å². The topological polar surface area (TPSA) is 6.25 Å². The van der Waals surface area contributed by atoms with E-state index in [2.05, 4.69) is 203 Å². The van der Waals surface area contributed by atoms with Gasteiger partial charge in [0.1, 0.15) is 7.05 Å². The van der Waals surface area contributed by atoms with Crippen molar-refractivity contribution in [1.29, 1.82) is 0 Å². The largest absolute Gasteiger partial charge is 1.00 e. The molecule has 8 rings (SSSR count). The van der Waals surface area contributed by atoms with Crippen LogP contribution in [-0.2, 0) is 10.8 Å². The molecule has 0 amide bonds. The van der Waals surface area contributed by atoms with E-state index in [1.54, 1.807) is 0 Å². The molecule has 0 bridgehead atoms. The Labute approximate surface area is 327 Å². The molecule has 260 valence electrons. The van der Waals surface area contributed by atoms with Crippen molar-refractivity contribution in [3.05, 3.63) is 185 Å². The van der Waals surface area contributed by atoms with Crippen molar-refractivity contribution in [3.8, 4) is 22.3 Å². The molecule has 5 aromatic rings. The minimum Gasteiger partial charge on any atom is -1.00 e. The number of anilines is 1. The van der Waals surface area contributed by atoms with Gasteiger partial charge in [0.05, 0.1) is 5.41 Å². The normalized spacial score (nSPS) is 18.8. The molecule has 2 nitrogen and oxygen atoms in total. The van der Waals surface area contributed by atoms with Crippen molar-refractivity contribution in [1.82, 2.24) is 0 Å². The van der Waals surface area contributed by atoms with Crippen LogP contribution in [0.15, 0.2) is 169 Å². The van der Waals surface area contributed by atoms with E-state index in [1.165, 1.54) is 78.4 Å². The summed E-state index contributed by atoms with van der Waals surface area (Å²) < 4.78 is 2.39. The maximum atomic E-state index is 2.40. The molecule has 2 heterocycles. The molecule has 0 aromatic heterocycles. The van der Waals surface area contributed by atoms with Gasteiger partial charge in [-0.25, -0.2) is 0 Å². The van der Waals surface area contributed by atoms with Gasteiger partial charge in [-0.2, -0.15) is 4.58 Å². The van der Waals surface area contributed by atoms with E-state index < -0.39 is 0 Å². The summed E-state index contributed by atoms with van der Waals surface area (Å²) in [7, 11) is 4.43. The first-order valence-electron chi connectivity index (χ1n) is 18.3. The summed E-state index contributed by atoms with van der Waals surface area (Å²) in [5, 5.41) is 0. The van der Waals surface area contributed by atoms with Gasteiger partial charge in [0.15, 0.2) is 5.71 Å². The molecule has 0 atom stereocenters. The molecule has 3 aliphatic rings. The van der Waals surface area contributed by atoms with Gasteiger partial charge in [-0.3, -0.25) is 0 Å². The summed E-state index contributed by atoms with van der Waals surface area (Å²) in [4.78, 5) is 2.39. The highest BCUT2D eigenvalue weighted by molar-refractivity contribution is 6.04. The Kier molecular flexibility index (Phi) is 9.60. The molecule has 0 saturated carbocycles. The maximum Gasteiger partial charge on any atom is 0.209 e. The van der Waals surface area contributed by atoms with E-state index in [1.807, 2.05) is 0 Å². The smallest absolute Gasteiger partial charge is 0.209 e. The van der Waals surface area contributed by atoms with E-state index in [-0.39, 0.29) is 34.8 Å². The van der Waals surface area contributed by atoms with Gasteiger partial charge in [0, 0.05) is 41.6 Å². The summed E-state index contributed by atoms with van der Waals surface area (Å²) in [5.41, 5.74) is 18.3. The number of rotatable bonds is 6. The summed E-state index contributed by atoms with van der Waals surface area (Å²) in [6.45, 7) is 9.46. The lowest BCUT2D eigenvalue weighted by molar-refractivity contribution is -0.401. The average Bonchev–Trinajstić information content (AvgIpc) is 3.71. The lowest BCUT2D eigenvalue weighted by Gasteiger charge is -2.24. The fourth-order valence-electron chi connectivity index (χ4n) is 8.69. The fourth-order valence-corrected chi connectivity index (χ4v) is 8.69. The molecule has 0 radical (unpaired) electrons. The van der Waals surface area contributed by atoms with Crippen molar-refractivity contribution in [2.45, 2.75) is 51.4 Å². The Bertz CT molecular complexity index is 2300. The number of hydrogen-bond donors (Lipinski definition) is 0. The molecule has 0 fully saturated rings. The number of allylic oxidation sites excluding steroid dienone is 8. The lowest BCUT2D eigenvalue weighted by Crippen LogP contribution is -3.00. The molecule has 0 N–H and O–H groups in total. The fraction of sp³-hybridized carbons (Fsp3) is 0.204. The van der Waals surface area contributed by atoms with Crippen molar-refractivity contribution < 1.29 is 28.6 Å². The monoisotopic (exact) mass is 790 g/mol. The maximum absolute atomic E-state index is 2.40. The van der Waals surface area contributed by atoms with Crippen LogP contribution in [0.3, 0.4) is 0 Å². The minimum atomic E-state index is -0.117. The SMILES string of the molecule is CN1/C(=C/C=C2\CCC(/C=C/C3=[N+](C)c4ccc(-c5ccccc5)cc4C3(C)C)=C2c2ccccc2)C(C)(C)c2cc(-c3ccccc3)ccc21.[I-]. The first kappa shape index (κ1) is 35.7. The van der Waals surface area contributed by atoms with Crippen LogP contribution >= 0.6 is 0 Å². The van der Waals surface area contributed by atoms with Gasteiger partial charge in [0.2, 0.25) is 5.69 Å². The van der Waals surface area contributed by atoms with Gasteiger partial charge < -0.3 is 28.9 Å². The highest BCUT2D eigenvalue weighted by Crippen LogP contribution is 2.49. The highest BCUT2D eigenvalue weighted by Gasteiger charge is 2.43. The quantitative estimate of drug-likeness (QED) is 0.123. The van der Waals surface area contributed by atoms with Crippen LogP contribution in [0, 0.1) is 0 Å². The number of hydrogen-bond acceptors (Lipinski definition) is 1. The average molecular weight is 791 g/mol. The molecule has 52 heavy (non-hydrogen) atoms. The van der Waals surface area contributed by atoms with Gasteiger partial charge in [-0.1, -0.05) is 123 Å². The summed E-state index contributed by atoms with van der Waals surface area (Å²) in [6.07, 6.45) is 11.6. The van der Waals surface area contributed by atoms with Crippen LogP contribution in [0.4, 0.5) is 11.4 Å². The zero-order valence-corrected chi connectivity index (χ0v) is 33.3. The Morgan fingerprint density at radius 2 is 1.13 bits per heavy atom. The van der Waals surface area contributed by atoms with Gasteiger partial charge in [-0.05, 0) is 107 Å². The molecule has 1 aliphatic carbocycles. The Morgan fingerprint density at radius 1 is 0.577 bits per heavy atom. The van der Waals surface area contributed by atoms with E-state index in [0.29, 0.717) is 0 Å². The zero-order chi connectivity index (χ0) is 35.3. The predicted octanol–water partition coefficient (Wildman–Crippen LogP) is 9.07. The van der Waals surface area contributed by atoms with Gasteiger partial charge in [-0.15, -0.1) is 0 Å². The predicted molar refractivity (Wildman–Crippen MR) is 217 cm³/mol. The molecule has 5 aromatic carbocycles. The second kappa shape index (κ2) is 14.0. The van der Waals surface area contributed by atoms with E-state index >= 15 is 0 Å². The summed E-state index contributed by atoms with van der Waals surface area (Å²) >= 11 is 0. The Morgan fingerprint density at radius 3 is 1.75 bits per heavy atom. The number of benzene rings is 5. The second-order valence-corrected chi connectivity index (χ2v) is 15.3. The number of nitrogens with zero attached hydrogens (tertiary/aromatic N) is 2. The van der Waals surface area contributed by atoms with Crippen LogP contribution < -0.4 is 28.9 Å². The van der Waals surface area contributed by atoms with Crippen molar-refractivity contribution in [2.75, 3.05) is 19.0 Å². The molecule has 0 spiro atoms. The first-order valence-corrected chi connectivity index (χ1v) is 18.3. The molecule has 3 heteroatoms. The minimum absolute atomic E-state index is 0. The van der Waals surface area contributed by atoms with Crippen LogP contribution in [0.5, 0.6) is 0 Å². The van der Waals surface area contributed by atoms with Crippen molar-refractivity contribution in [3.63, 3.8) is 0 Å². The second-order valence-electron chi connectivity index (χ2n) is 15.3.